The van der Waals surface area contributed by atoms with Crippen molar-refractivity contribution in [3.63, 3.8) is 0 Å². The highest BCUT2D eigenvalue weighted by Crippen LogP contribution is 2.12. The number of hydrogen-bond acceptors (Lipinski definition) is 2. The van der Waals surface area contributed by atoms with E-state index in [2.05, 4.69) is 10.5 Å². The van der Waals surface area contributed by atoms with Crippen LogP contribution in [-0.2, 0) is 11.2 Å². The highest BCUT2D eigenvalue weighted by Gasteiger charge is 2.02. The van der Waals surface area contributed by atoms with E-state index in [9.17, 15) is 9.18 Å². The van der Waals surface area contributed by atoms with Crippen LogP contribution in [0, 0.1) is 5.82 Å². The molecular formula is C15H12ClFN2O. The van der Waals surface area contributed by atoms with Gasteiger partial charge in [-0.1, -0.05) is 41.9 Å². The molecule has 0 bridgehead atoms. The number of benzene rings is 2. The summed E-state index contributed by atoms with van der Waals surface area (Å²) in [5.74, 6) is -0.606. The molecular weight excluding hydrogens is 279 g/mol. The quantitative estimate of drug-likeness (QED) is 0.682. The second-order valence-electron chi connectivity index (χ2n) is 4.12. The molecule has 0 unspecified atom stereocenters. The third kappa shape index (κ3) is 4.17. The Morgan fingerprint density at radius 3 is 2.60 bits per heavy atom. The number of halogens is 2. The average Bonchev–Trinajstić information content (AvgIpc) is 2.43. The highest BCUT2D eigenvalue weighted by molar-refractivity contribution is 6.33. The van der Waals surface area contributed by atoms with Gasteiger partial charge >= 0.3 is 0 Å². The Balaban J connectivity index is 1.89. The third-order valence-electron chi connectivity index (χ3n) is 2.58. The van der Waals surface area contributed by atoms with E-state index in [-0.39, 0.29) is 18.1 Å². The summed E-state index contributed by atoms with van der Waals surface area (Å²) in [6.45, 7) is 0. The van der Waals surface area contributed by atoms with Crippen LogP contribution in [0.25, 0.3) is 0 Å². The molecule has 0 aliphatic carbocycles. The van der Waals surface area contributed by atoms with Gasteiger partial charge in [-0.25, -0.2) is 9.82 Å². The molecule has 5 heteroatoms. The topological polar surface area (TPSA) is 41.5 Å². The van der Waals surface area contributed by atoms with Gasteiger partial charge in [0.25, 0.3) is 0 Å². The van der Waals surface area contributed by atoms with Crippen molar-refractivity contribution in [1.82, 2.24) is 5.43 Å². The Hall–Kier alpha value is -2.20. The largest absolute Gasteiger partial charge is 0.273 e. The van der Waals surface area contributed by atoms with Crippen molar-refractivity contribution in [3.05, 3.63) is 70.5 Å². The van der Waals surface area contributed by atoms with Gasteiger partial charge in [0.05, 0.1) is 12.6 Å². The van der Waals surface area contributed by atoms with Gasteiger partial charge < -0.3 is 0 Å². The van der Waals surface area contributed by atoms with Crippen LogP contribution in [0.2, 0.25) is 5.02 Å². The lowest BCUT2D eigenvalue weighted by Gasteiger charge is -2.01. The fraction of sp³-hybridized carbons (Fsp3) is 0.0667. The molecule has 0 atom stereocenters. The molecule has 2 aromatic rings. The lowest BCUT2D eigenvalue weighted by molar-refractivity contribution is -0.120. The predicted molar refractivity (Wildman–Crippen MR) is 77.3 cm³/mol. The van der Waals surface area contributed by atoms with Gasteiger partial charge in [-0.15, -0.1) is 0 Å². The van der Waals surface area contributed by atoms with Crippen molar-refractivity contribution < 1.29 is 9.18 Å². The number of hydrogen-bond donors (Lipinski definition) is 1. The molecule has 0 saturated carbocycles. The van der Waals surface area contributed by atoms with Crippen LogP contribution in [0.15, 0.2) is 53.6 Å². The first-order valence-electron chi connectivity index (χ1n) is 5.96. The predicted octanol–water partition coefficient (Wildman–Crippen LogP) is 3.17. The first kappa shape index (κ1) is 14.2. The molecule has 1 N–H and O–H groups in total. The monoisotopic (exact) mass is 290 g/mol. The van der Waals surface area contributed by atoms with Crippen molar-refractivity contribution in [2.45, 2.75) is 6.42 Å². The summed E-state index contributed by atoms with van der Waals surface area (Å²) < 4.78 is 12.7. The maximum absolute atomic E-state index is 12.7. The lowest BCUT2D eigenvalue weighted by atomic mass is 10.1. The van der Waals surface area contributed by atoms with Crippen molar-refractivity contribution in [2.75, 3.05) is 0 Å². The van der Waals surface area contributed by atoms with Crippen LogP contribution in [0.3, 0.4) is 0 Å². The van der Waals surface area contributed by atoms with E-state index < -0.39 is 0 Å². The number of carbonyl (C=O) groups is 1. The Bertz CT molecular complexity index is 626. The maximum Gasteiger partial charge on any atom is 0.244 e. The fourth-order valence-electron chi connectivity index (χ4n) is 1.58. The Labute approximate surface area is 121 Å². The third-order valence-corrected chi connectivity index (χ3v) is 2.92. The first-order valence-corrected chi connectivity index (χ1v) is 6.34. The van der Waals surface area contributed by atoms with Gasteiger partial charge in [-0.3, -0.25) is 4.79 Å². The van der Waals surface area contributed by atoms with Crippen molar-refractivity contribution in [2.24, 2.45) is 5.10 Å². The number of amides is 1. The van der Waals surface area contributed by atoms with Gasteiger partial charge in [-0.2, -0.15) is 5.10 Å². The van der Waals surface area contributed by atoms with Crippen LogP contribution >= 0.6 is 11.6 Å². The van der Waals surface area contributed by atoms with Crippen LogP contribution < -0.4 is 5.43 Å². The molecule has 0 aliphatic rings. The van der Waals surface area contributed by atoms with E-state index in [1.807, 2.05) is 12.1 Å². The molecule has 0 radical (unpaired) electrons. The summed E-state index contributed by atoms with van der Waals surface area (Å²) in [4.78, 5) is 11.6. The van der Waals surface area contributed by atoms with Crippen molar-refractivity contribution in [3.8, 4) is 0 Å². The van der Waals surface area contributed by atoms with Crippen LogP contribution in [-0.4, -0.2) is 12.1 Å². The molecule has 0 spiro atoms. The SMILES string of the molecule is O=C(Cc1ccc(F)cc1)N/N=C/c1ccccc1Cl. The molecule has 102 valence electrons. The summed E-state index contributed by atoms with van der Waals surface area (Å²) in [6, 6.07) is 12.9. The minimum Gasteiger partial charge on any atom is -0.273 e. The summed E-state index contributed by atoms with van der Waals surface area (Å²) >= 11 is 5.94. The van der Waals surface area contributed by atoms with Crippen LogP contribution in [0.5, 0.6) is 0 Å². The number of nitrogens with zero attached hydrogens (tertiary/aromatic N) is 1. The molecule has 0 heterocycles. The van der Waals surface area contributed by atoms with Gasteiger partial charge in [-0.05, 0) is 23.8 Å². The molecule has 0 saturated heterocycles. The molecule has 1 amide bonds. The second-order valence-corrected chi connectivity index (χ2v) is 4.53. The molecule has 0 fully saturated rings. The van der Waals surface area contributed by atoms with Gasteiger partial charge in [0.2, 0.25) is 5.91 Å². The fourth-order valence-corrected chi connectivity index (χ4v) is 1.77. The lowest BCUT2D eigenvalue weighted by Crippen LogP contribution is -2.19. The van der Waals surface area contributed by atoms with E-state index in [0.717, 1.165) is 11.1 Å². The number of nitrogens with one attached hydrogen (secondary N) is 1. The van der Waals surface area contributed by atoms with E-state index in [1.54, 1.807) is 24.3 Å². The minimum atomic E-state index is -0.328. The minimum absolute atomic E-state index is 0.139. The van der Waals surface area contributed by atoms with Gasteiger partial charge in [0, 0.05) is 10.6 Å². The Morgan fingerprint density at radius 1 is 1.20 bits per heavy atom. The van der Waals surface area contributed by atoms with Crippen LogP contribution in [0.4, 0.5) is 4.39 Å². The van der Waals surface area contributed by atoms with Crippen molar-refractivity contribution >= 4 is 23.7 Å². The van der Waals surface area contributed by atoms with Crippen LogP contribution in [0.1, 0.15) is 11.1 Å². The van der Waals surface area contributed by atoms with Gasteiger partial charge in [0.1, 0.15) is 5.82 Å². The highest BCUT2D eigenvalue weighted by atomic mass is 35.5. The first-order chi connectivity index (χ1) is 9.65. The number of hydrazone groups is 1. The zero-order chi connectivity index (χ0) is 14.4. The average molecular weight is 291 g/mol. The number of carbonyl (C=O) groups excluding carboxylic acids is 1. The Morgan fingerprint density at radius 2 is 1.90 bits per heavy atom. The molecule has 0 aromatic heterocycles. The van der Waals surface area contributed by atoms with E-state index in [1.165, 1.54) is 18.3 Å². The molecule has 0 aliphatic heterocycles. The summed E-state index contributed by atoms with van der Waals surface area (Å²) in [6.07, 6.45) is 1.62. The van der Waals surface area contributed by atoms with E-state index in [4.69, 9.17) is 11.6 Å². The Kier molecular flexibility index (Phi) is 4.85. The smallest absolute Gasteiger partial charge is 0.244 e. The summed E-state index contributed by atoms with van der Waals surface area (Å²) in [5, 5.41) is 4.39. The standard InChI is InChI=1S/C15H12ClFN2O/c16-14-4-2-1-3-12(14)10-18-19-15(20)9-11-5-7-13(17)8-6-11/h1-8,10H,9H2,(H,19,20)/b18-10+. The summed E-state index contributed by atoms with van der Waals surface area (Å²) in [7, 11) is 0. The van der Waals surface area contributed by atoms with E-state index >= 15 is 0 Å². The zero-order valence-electron chi connectivity index (χ0n) is 10.5. The van der Waals surface area contributed by atoms with Gasteiger partial charge in [0.15, 0.2) is 0 Å². The molecule has 2 aromatic carbocycles. The van der Waals surface area contributed by atoms with E-state index in [0.29, 0.717) is 5.02 Å². The molecule has 2 rings (SSSR count). The van der Waals surface area contributed by atoms with Crippen molar-refractivity contribution in [1.29, 1.82) is 0 Å². The maximum atomic E-state index is 12.7. The second kappa shape index (κ2) is 6.82. The summed E-state index contributed by atoms with van der Waals surface area (Å²) in [5.41, 5.74) is 3.84. The molecule has 3 nitrogen and oxygen atoms in total. The number of rotatable bonds is 4. The molecule has 20 heavy (non-hydrogen) atoms. The zero-order valence-corrected chi connectivity index (χ0v) is 11.3. The normalized spacial score (nSPS) is 10.7.